The van der Waals surface area contributed by atoms with Gasteiger partial charge in [-0.2, -0.15) is 0 Å². The van der Waals surface area contributed by atoms with Gasteiger partial charge < -0.3 is 19.2 Å². The van der Waals surface area contributed by atoms with E-state index in [1.54, 1.807) is 18.0 Å². The van der Waals surface area contributed by atoms with Crippen LogP contribution in [0, 0.1) is 17.7 Å². The van der Waals surface area contributed by atoms with Gasteiger partial charge in [0.2, 0.25) is 17.8 Å². The smallest absolute Gasteiger partial charge is 0.245 e. The van der Waals surface area contributed by atoms with Gasteiger partial charge in [-0.3, -0.25) is 9.59 Å². The maximum absolute atomic E-state index is 13.6. The molecule has 0 aliphatic carbocycles. The van der Waals surface area contributed by atoms with Crippen molar-refractivity contribution in [2.45, 2.75) is 44.3 Å². The van der Waals surface area contributed by atoms with Gasteiger partial charge in [0.1, 0.15) is 18.0 Å². The zero-order valence-corrected chi connectivity index (χ0v) is 17.4. The molecule has 164 valence electrons. The maximum atomic E-state index is 13.6. The number of fused-ring (bicyclic) bond motifs is 4. The van der Waals surface area contributed by atoms with Gasteiger partial charge in [0, 0.05) is 44.6 Å². The lowest BCUT2D eigenvalue weighted by Gasteiger charge is -2.56. The second kappa shape index (κ2) is 7.90. The van der Waals surface area contributed by atoms with Crippen molar-refractivity contribution in [3.63, 3.8) is 0 Å². The first kappa shape index (κ1) is 19.9. The SMILES string of the molecule is CN(Cc1ccon1)C(=O)[C@H]1[C@@H]2C[C@@H](CN(c3ncc(F)cn3)C2)[C@@H]2CCCC(=O)N21. The highest BCUT2D eigenvalue weighted by molar-refractivity contribution is 5.89. The van der Waals surface area contributed by atoms with Crippen molar-refractivity contribution >= 4 is 17.8 Å². The summed E-state index contributed by atoms with van der Waals surface area (Å²) in [6.45, 7) is 1.57. The number of carbonyl (C=O) groups excluding carboxylic acids is 2. The van der Waals surface area contributed by atoms with Gasteiger partial charge >= 0.3 is 0 Å². The van der Waals surface area contributed by atoms with Crippen LogP contribution in [0.4, 0.5) is 10.3 Å². The number of hydrogen-bond donors (Lipinski definition) is 0. The van der Waals surface area contributed by atoms with Gasteiger partial charge in [0.15, 0.2) is 5.82 Å². The molecule has 2 bridgehead atoms. The summed E-state index contributed by atoms with van der Waals surface area (Å²) < 4.78 is 18.2. The molecule has 0 spiro atoms. The first-order chi connectivity index (χ1) is 15.0. The van der Waals surface area contributed by atoms with Gasteiger partial charge in [0.05, 0.1) is 18.9 Å². The second-order valence-electron chi connectivity index (χ2n) is 8.75. The molecule has 3 aliphatic rings. The fourth-order valence-electron chi connectivity index (χ4n) is 5.47. The van der Waals surface area contributed by atoms with E-state index in [1.165, 1.54) is 6.26 Å². The number of hydrogen-bond acceptors (Lipinski definition) is 7. The normalized spacial score (nSPS) is 27.7. The van der Waals surface area contributed by atoms with Crippen LogP contribution in [0.1, 0.15) is 31.4 Å². The molecule has 0 radical (unpaired) electrons. The molecule has 3 saturated heterocycles. The maximum Gasteiger partial charge on any atom is 0.245 e. The Morgan fingerprint density at radius 1 is 1.29 bits per heavy atom. The molecule has 0 aromatic carbocycles. The van der Waals surface area contributed by atoms with Crippen LogP contribution in [0.15, 0.2) is 29.2 Å². The molecule has 0 saturated carbocycles. The molecule has 31 heavy (non-hydrogen) atoms. The zero-order chi connectivity index (χ0) is 21.5. The highest BCUT2D eigenvalue weighted by Crippen LogP contribution is 2.42. The number of carbonyl (C=O) groups is 2. The first-order valence-electron chi connectivity index (χ1n) is 10.7. The lowest BCUT2D eigenvalue weighted by atomic mass is 9.71. The van der Waals surface area contributed by atoms with Crippen molar-refractivity contribution < 1.29 is 18.5 Å². The fraction of sp³-hybridized carbons (Fsp3) is 0.571. The van der Waals surface area contributed by atoms with E-state index in [2.05, 4.69) is 15.1 Å². The van der Waals surface area contributed by atoms with Gasteiger partial charge in [-0.15, -0.1) is 0 Å². The van der Waals surface area contributed by atoms with Crippen molar-refractivity contribution in [1.29, 1.82) is 0 Å². The Bertz CT molecular complexity index is 953. The predicted octanol–water partition coefficient (Wildman–Crippen LogP) is 1.47. The van der Waals surface area contributed by atoms with Crippen LogP contribution in [0.2, 0.25) is 0 Å². The van der Waals surface area contributed by atoms with Crippen molar-refractivity contribution in [3.8, 4) is 0 Å². The van der Waals surface area contributed by atoms with Gasteiger partial charge in [0.25, 0.3) is 0 Å². The minimum absolute atomic E-state index is 0.0233. The number of piperidine rings is 3. The van der Waals surface area contributed by atoms with E-state index in [1.807, 2.05) is 9.80 Å². The molecule has 9 nitrogen and oxygen atoms in total. The van der Waals surface area contributed by atoms with Crippen molar-refractivity contribution in [3.05, 3.63) is 36.2 Å². The Balaban J connectivity index is 1.44. The van der Waals surface area contributed by atoms with Crippen LogP contribution in [0.25, 0.3) is 0 Å². The number of likely N-dealkylation sites (N-methyl/N-ethyl adjacent to an activating group) is 1. The molecule has 2 aromatic rings. The van der Waals surface area contributed by atoms with Crippen LogP contribution < -0.4 is 4.90 Å². The molecular weight excluding hydrogens is 403 g/mol. The largest absolute Gasteiger partial charge is 0.364 e. The highest BCUT2D eigenvalue weighted by Gasteiger charge is 2.52. The Hall–Kier alpha value is -3.04. The van der Waals surface area contributed by atoms with E-state index in [0.717, 1.165) is 31.7 Å². The van der Waals surface area contributed by atoms with E-state index in [9.17, 15) is 14.0 Å². The summed E-state index contributed by atoms with van der Waals surface area (Å²) in [4.78, 5) is 40.4. The lowest BCUT2D eigenvalue weighted by molar-refractivity contribution is -0.160. The molecule has 2 amide bonds. The average molecular weight is 428 g/mol. The minimum Gasteiger partial charge on any atom is -0.364 e. The van der Waals surface area contributed by atoms with Gasteiger partial charge in [-0.25, -0.2) is 14.4 Å². The molecule has 10 heteroatoms. The summed E-state index contributed by atoms with van der Waals surface area (Å²) in [6.07, 6.45) is 6.89. The van der Waals surface area contributed by atoms with Crippen molar-refractivity contribution in [2.75, 3.05) is 25.0 Å². The Labute approximate surface area is 179 Å². The lowest BCUT2D eigenvalue weighted by Crippen LogP contribution is -2.68. The van der Waals surface area contributed by atoms with Crippen LogP contribution in [-0.2, 0) is 16.1 Å². The molecular formula is C21H25FN6O3. The van der Waals surface area contributed by atoms with Crippen molar-refractivity contribution in [2.24, 2.45) is 11.8 Å². The Morgan fingerprint density at radius 3 is 2.81 bits per heavy atom. The summed E-state index contributed by atoms with van der Waals surface area (Å²) in [5.74, 6) is 0.153. The fourth-order valence-corrected chi connectivity index (χ4v) is 5.47. The second-order valence-corrected chi connectivity index (χ2v) is 8.75. The van der Waals surface area contributed by atoms with E-state index < -0.39 is 11.9 Å². The van der Waals surface area contributed by atoms with Crippen LogP contribution in [-0.4, -0.2) is 69.0 Å². The molecule has 0 N–H and O–H groups in total. The first-order valence-corrected chi connectivity index (χ1v) is 10.7. The zero-order valence-electron chi connectivity index (χ0n) is 17.4. The third kappa shape index (κ3) is 3.64. The molecule has 3 fully saturated rings. The summed E-state index contributed by atoms with van der Waals surface area (Å²) in [7, 11) is 1.73. The van der Waals surface area contributed by atoms with E-state index in [0.29, 0.717) is 37.7 Å². The monoisotopic (exact) mass is 428 g/mol. The molecule has 5 heterocycles. The highest BCUT2D eigenvalue weighted by atomic mass is 19.1. The van der Waals surface area contributed by atoms with Crippen LogP contribution in [0.5, 0.6) is 0 Å². The molecule has 4 atom stereocenters. The molecule has 3 aliphatic heterocycles. The number of nitrogens with zero attached hydrogens (tertiary/aromatic N) is 6. The third-order valence-electron chi connectivity index (χ3n) is 6.75. The number of amides is 2. The summed E-state index contributed by atoms with van der Waals surface area (Å²) in [5.41, 5.74) is 0.663. The third-order valence-corrected chi connectivity index (χ3v) is 6.75. The van der Waals surface area contributed by atoms with Crippen molar-refractivity contribution in [1.82, 2.24) is 24.9 Å². The van der Waals surface area contributed by atoms with Crippen LogP contribution in [0.3, 0.4) is 0 Å². The average Bonchev–Trinajstić information content (AvgIpc) is 3.27. The minimum atomic E-state index is -0.533. The number of rotatable bonds is 4. The molecule has 5 rings (SSSR count). The summed E-state index contributed by atoms with van der Waals surface area (Å²) >= 11 is 0. The quantitative estimate of drug-likeness (QED) is 0.728. The summed E-state index contributed by atoms with van der Waals surface area (Å²) in [5, 5.41) is 3.90. The predicted molar refractivity (Wildman–Crippen MR) is 107 cm³/mol. The molecule has 0 unspecified atom stereocenters. The number of aromatic nitrogens is 3. The Morgan fingerprint density at radius 2 is 2.06 bits per heavy atom. The van der Waals surface area contributed by atoms with Crippen LogP contribution >= 0.6 is 0 Å². The number of anilines is 1. The number of halogens is 1. The van der Waals surface area contributed by atoms with Gasteiger partial charge in [-0.1, -0.05) is 5.16 Å². The topological polar surface area (TPSA) is 95.7 Å². The van der Waals surface area contributed by atoms with E-state index in [4.69, 9.17) is 4.52 Å². The Kier molecular flexibility index (Phi) is 5.07. The van der Waals surface area contributed by atoms with E-state index in [-0.39, 0.29) is 29.7 Å². The summed E-state index contributed by atoms with van der Waals surface area (Å²) in [6, 6.07) is 1.22. The van der Waals surface area contributed by atoms with Gasteiger partial charge in [-0.05, 0) is 25.2 Å². The van der Waals surface area contributed by atoms with E-state index >= 15 is 0 Å². The molecule has 2 aromatic heterocycles. The standard InChI is InChI=1S/C21H25FN6O3/c1-26(12-16-5-6-31-25-16)20(30)19-14-7-13(17-3-2-4-18(29)28(17)19)10-27(11-14)21-23-8-15(22)9-24-21/h5-6,8-9,13-14,17,19H,2-4,7,10-12H2,1H3/t13-,14+,17-,19+/m0/s1.